The molecule has 0 aromatic carbocycles. The molecular weight excluding hydrogens is 578 g/mol. The normalized spacial score (nSPS) is 12.0. The number of carbonyl (C=O) groups excluding carboxylic acids is 2. The number of unbranched alkanes of at least 4 members (excludes halogenated alkanes) is 23. The average molecular weight is 650 g/mol. The van der Waals surface area contributed by atoms with Gasteiger partial charge in [-0.05, 0) is 44.9 Å². The smallest absolute Gasteiger partial charge is 0.326 e. The van der Waals surface area contributed by atoms with Crippen LogP contribution >= 0.6 is 0 Å². The zero-order chi connectivity index (χ0) is 34.1. The van der Waals surface area contributed by atoms with E-state index in [4.69, 9.17) is 5.11 Å². The molecule has 0 aliphatic rings. The van der Waals surface area contributed by atoms with Crippen molar-refractivity contribution in [3.8, 4) is 0 Å². The Balaban J connectivity index is 4.40. The maximum absolute atomic E-state index is 13.1. The lowest BCUT2D eigenvalue weighted by Gasteiger charge is -2.27. The monoisotopic (exact) mass is 650 g/mol. The van der Waals surface area contributed by atoms with Gasteiger partial charge in [0, 0.05) is 19.3 Å². The molecule has 0 radical (unpaired) electrons. The van der Waals surface area contributed by atoms with E-state index in [9.17, 15) is 24.3 Å². The standard InChI is InChI=1S/C39H71NO6/c1-3-5-7-9-11-13-15-17-18-20-22-24-26-28-30-32-37(42)40(35(39(45)46)33-34-38(43)44)36(41)31-29-27-25-23-21-19-16-14-12-10-8-6-4-2/h17-18,35H,3-16,19-34H2,1-2H3,(H,43,44)(H,45,46). The van der Waals surface area contributed by atoms with E-state index in [2.05, 4.69) is 26.0 Å². The summed E-state index contributed by atoms with van der Waals surface area (Å²) in [4.78, 5) is 50.3. The Hall–Kier alpha value is -2.18. The molecule has 0 aromatic rings. The minimum atomic E-state index is -1.43. The molecule has 0 saturated carbocycles. The van der Waals surface area contributed by atoms with E-state index >= 15 is 0 Å². The summed E-state index contributed by atoms with van der Waals surface area (Å²) in [7, 11) is 0. The van der Waals surface area contributed by atoms with Crippen LogP contribution in [0, 0.1) is 0 Å². The summed E-state index contributed by atoms with van der Waals surface area (Å²) in [6, 6.07) is -1.43. The number of hydrogen-bond acceptors (Lipinski definition) is 4. The Morgan fingerprint density at radius 3 is 1.13 bits per heavy atom. The molecule has 2 N–H and O–H groups in total. The van der Waals surface area contributed by atoms with Crippen molar-refractivity contribution in [2.24, 2.45) is 0 Å². The molecule has 268 valence electrons. The van der Waals surface area contributed by atoms with Crippen LogP contribution in [0.2, 0.25) is 0 Å². The molecule has 1 atom stereocenters. The fourth-order valence-corrected chi connectivity index (χ4v) is 5.99. The number of nitrogens with zero attached hydrogens (tertiary/aromatic N) is 1. The van der Waals surface area contributed by atoms with Crippen LogP contribution < -0.4 is 0 Å². The van der Waals surface area contributed by atoms with Gasteiger partial charge in [0.25, 0.3) is 0 Å². The van der Waals surface area contributed by atoms with E-state index in [1.54, 1.807) is 0 Å². The molecule has 0 bridgehead atoms. The van der Waals surface area contributed by atoms with Gasteiger partial charge in [-0.25, -0.2) is 4.79 Å². The molecule has 7 nitrogen and oxygen atoms in total. The Morgan fingerprint density at radius 1 is 0.478 bits per heavy atom. The highest BCUT2D eigenvalue weighted by Crippen LogP contribution is 2.18. The third-order valence-electron chi connectivity index (χ3n) is 8.91. The van der Waals surface area contributed by atoms with Crippen molar-refractivity contribution in [2.75, 3.05) is 0 Å². The van der Waals surface area contributed by atoms with E-state index in [-0.39, 0.29) is 19.3 Å². The molecule has 0 aliphatic carbocycles. The van der Waals surface area contributed by atoms with Crippen LogP contribution in [0.1, 0.15) is 206 Å². The zero-order valence-electron chi connectivity index (χ0n) is 29.9. The highest BCUT2D eigenvalue weighted by molar-refractivity contribution is 5.99. The van der Waals surface area contributed by atoms with E-state index in [1.165, 1.54) is 96.3 Å². The number of aliphatic carboxylic acids is 2. The molecule has 0 rings (SSSR count). The molecule has 46 heavy (non-hydrogen) atoms. The van der Waals surface area contributed by atoms with E-state index in [0.29, 0.717) is 12.8 Å². The average Bonchev–Trinajstić information content (AvgIpc) is 3.02. The Morgan fingerprint density at radius 2 is 0.804 bits per heavy atom. The molecule has 7 heteroatoms. The van der Waals surface area contributed by atoms with Crippen molar-refractivity contribution in [2.45, 2.75) is 213 Å². The largest absolute Gasteiger partial charge is 0.481 e. The van der Waals surface area contributed by atoms with Crippen molar-refractivity contribution in [1.82, 2.24) is 4.90 Å². The quantitative estimate of drug-likeness (QED) is 0.0530. The van der Waals surface area contributed by atoms with Crippen molar-refractivity contribution >= 4 is 23.8 Å². The van der Waals surface area contributed by atoms with Crippen molar-refractivity contribution in [3.05, 3.63) is 12.2 Å². The van der Waals surface area contributed by atoms with Gasteiger partial charge in [0.05, 0.1) is 0 Å². The lowest BCUT2D eigenvalue weighted by atomic mass is 10.0. The first-order valence-corrected chi connectivity index (χ1v) is 19.3. The molecule has 0 fully saturated rings. The van der Waals surface area contributed by atoms with Gasteiger partial charge < -0.3 is 10.2 Å². The van der Waals surface area contributed by atoms with E-state index < -0.39 is 36.2 Å². The van der Waals surface area contributed by atoms with Gasteiger partial charge in [0.2, 0.25) is 11.8 Å². The molecule has 0 aromatic heterocycles. The summed E-state index contributed by atoms with van der Waals surface area (Å²) in [5, 5.41) is 18.9. The van der Waals surface area contributed by atoms with Gasteiger partial charge in [-0.2, -0.15) is 0 Å². The number of allylic oxidation sites excluding steroid dienone is 2. The van der Waals surface area contributed by atoms with Gasteiger partial charge in [-0.3, -0.25) is 19.3 Å². The summed E-state index contributed by atoms with van der Waals surface area (Å²) in [5.74, 6) is -3.44. The molecule has 0 heterocycles. The van der Waals surface area contributed by atoms with Crippen LogP contribution in [0.3, 0.4) is 0 Å². The van der Waals surface area contributed by atoms with E-state index in [0.717, 1.165) is 62.7 Å². The Kier molecular flexibility index (Phi) is 31.2. The van der Waals surface area contributed by atoms with Crippen molar-refractivity contribution < 1.29 is 29.4 Å². The first-order valence-electron chi connectivity index (χ1n) is 19.3. The Labute approximate surface area is 282 Å². The molecular formula is C39H71NO6. The third-order valence-corrected chi connectivity index (χ3v) is 8.91. The molecule has 0 aliphatic heterocycles. The first kappa shape index (κ1) is 43.8. The fourth-order valence-electron chi connectivity index (χ4n) is 5.99. The molecule has 2 amide bonds. The van der Waals surface area contributed by atoms with Gasteiger partial charge in [0.1, 0.15) is 6.04 Å². The molecule has 0 saturated heterocycles. The lowest BCUT2D eigenvalue weighted by molar-refractivity contribution is -0.159. The molecule has 0 spiro atoms. The van der Waals surface area contributed by atoms with Crippen LogP contribution in [0.15, 0.2) is 12.2 Å². The number of carbonyl (C=O) groups is 4. The highest BCUT2D eigenvalue weighted by Gasteiger charge is 2.34. The first-order chi connectivity index (χ1) is 22.3. The number of amides is 2. The van der Waals surface area contributed by atoms with Gasteiger partial charge in [0.15, 0.2) is 0 Å². The van der Waals surface area contributed by atoms with Crippen LogP contribution in [-0.4, -0.2) is 44.9 Å². The third kappa shape index (κ3) is 27.0. The number of rotatable bonds is 34. The second kappa shape index (κ2) is 32.7. The predicted octanol–water partition coefficient (Wildman–Crippen LogP) is 11.2. The Bertz CT molecular complexity index is 795. The summed E-state index contributed by atoms with van der Waals surface area (Å²) in [6.45, 7) is 4.48. The minimum Gasteiger partial charge on any atom is -0.481 e. The van der Waals surface area contributed by atoms with Crippen LogP contribution in [0.5, 0.6) is 0 Å². The maximum atomic E-state index is 13.1. The number of imide groups is 1. The van der Waals surface area contributed by atoms with Gasteiger partial charge in [-0.15, -0.1) is 0 Å². The zero-order valence-corrected chi connectivity index (χ0v) is 29.9. The fraction of sp³-hybridized carbons (Fsp3) is 0.846. The van der Waals surface area contributed by atoms with E-state index in [1.807, 2.05) is 0 Å². The summed E-state index contributed by atoms with van der Waals surface area (Å²) in [5.41, 5.74) is 0. The second-order valence-corrected chi connectivity index (χ2v) is 13.3. The highest BCUT2D eigenvalue weighted by atomic mass is 16.4. The number of carboxylic acids is 2. The summed E-state index contributed by atoms with van der Waals surface area (Å²) in [6.07, 6.45) is 34.2. The summed E-state index contributed by atoms with van der Waals surface area (Å²) >= 11 is 0. The lowest BCUT2D eigenvalue weighted by Crippen LogP contribution is -2.48. The van der Waals surface area contributed by atoms with Crippen molar-refractivity contribution in [3.63, 3.8) is 0 Å². The molecule has 1 unspecified atom stereocenters. The predicted molar refractivity (Wildman–Crippen MR) is 190 cm³/mol. The van der Waals surface area contributed by atoms with Crippen molar-refractivity contribution in [1.29, 1.82) is 0 Å². The minimum absolute atomic E-state index is 0.110. The summed E-state index contributed by atoms with van der Waals surface area (Å²) < 4.78 is 0. The number of carboxylic acid groups (broad SMARTS) is 2. The topological polar surface area (TPSA) is 112 Å². The SMILES string of the molecule is CCCCCCCCC=CCCCCCCCC(=O)N(C(=O)CCCCCCCCCCCCCCC)C(CCC(=O)O)C(=O)O. The van der Waals surface area contributed by atoms with Crippen LogP contribution in [0.25, 0.3) is 0 Å². The van der Waals surface area contributed by atoms with Gasteiger partial charge in [-0.1, -0.05) is 154 Å². The number of hydrogen-bond donors (Lipinski definition) is 2. The van der Waals surface area contributed by atoms with Gasteiger partial charge >= 0.3 is 11.9 Å². The van der Waals surface area contributed by atoms with Crippen LogP contribution in [-0.2, 0) is 19.2 Å². The maximum Gasteiger partial charge on any atom is 0.326 e. The second-order valence-electron chi connectivity index (χ2n) is 13.3. The van der Waals surface area contributed by atoms with Crippen LogP contribution in [0.4, 0.5) is 0 Å².